The number of carbonyl (C=O) groups is 1. The Bertz CT molecular complexity index is 1160. The normalized spacial score (nSPS) is 12.9. The molecule has 5 rings (SSSR count). The summed E-state index contributed by atoms with van der Waals surface area (Å²) in [5.74, 6) is 1.53. The van der Waals surface area contributed by atoms with Crippen LogP contribution in [0.4, 0.5) is 22.0 Å². The Labute approximate surface area is 157 Å². The van der Waals surface area contributed by atoms with Crippen LogP contribution in [0.5, 0.6) is 11.5 Å². The second-order valence-electron chi connectivity index (χ2n) is 5.84. The summed E-state index contributed by atoms with van der Waals surface area (Å²) < 4.78 is 5.65. The molecule has 27 heavy (non-hydrogen) atoms. The largest absolute Gasteiger partial charge is 0.452 e. The molecule has 0 saturated heterocycles. The van der Waals surface area contributed by atoms with E-state index in [-0.39, 0.29) is 6.03 Å². The number of hydrogen-bond donors (Lipinski definition) is 1. The third-order valence-corrected chi connectivity index (χ3v) is 5.16. The molecule has 0 unspecified atom stereocenters. The lowest BCUT2D eigenvalue weighted by atomic mass is 10.1. The van der Waals surface area contributed by atoms with Gasteiger partial charge in [0.15, 0.2) is 5.75 Å². The first-order valence-corrected chi connectivity index (χ1v) is 8.90. The highest BCUT2D eigenvalue weighted by atomic mass is 32.1. The maximum atomic E-state index is 12.7. The number of nitrogens with zero attached hydrogens (tertiary/aromatic N) is 5. The highest BCUT2D eigenvalue weighted by molar-refractivity contribution is 7.19. The minimum atomic E-state index is -0.255. The van der Waals surface area contributed by atoms with Gasteiger partial charge in [-0.25, -0.2) is 29.6 Å². The summed E-state index contributed by atoms with van der Waals surface area (Å²) in [7, 11) is 0. The number of urea groups is 1. The van der Waals surface area contributed by atoms with Crippen molar-refractivity contribution in [2.75, 3.05) is 10.2 Å². The Balaban J connectivity index is 1.53. The van der Waals surface area contributed by atoms with E-state index >= 15 is 0 Å². The van der Waals surface area contributed by atoms with Crippen molar-refractivity contribution in [3.05, 3.63) is 54.2 Å². The van der Waals surface area contributed by atoms with Crippen LogP contribution in [0, 0.1) is 6.92 Å². The first kappa shape index (κ1) is 15.6. The average Bonchev–Trinajstić information content (AvgIpc) is 3.00. The van der Waals surface area contributed by atoms with Crippen molar-refractivity contribution >= 4 is 44.8 Å². The van der Waals surface area contributed by atoms with Crippen LogP contribution < -0.4 is 15.0 Å². The third kappa shape index (κ3) is 2.56. The molecule has 132 valence electrons. The zero-order valence-electron chi connectivity index (χ0n) is 14.1. The minimum absolute atomic E-state index is 0.255. The maximum absolute atomic E-state index is 12.7. The smallest absolute Gasteiger partial charge is 0.332 e. The Kier molecular flexibility index (Phi) is 3.47. The van der Waals surface area contributed by atoms with Crippen LogP contribution in [-0.2, 0) is 0 Å². The van der Waals surface area contributed by atoms with E-state index in [1.54, 1.807) is 53.2 Å². The average molecular weight is 376 g/mol. The number of aromatic nitrogens is 4. The van der Waals surface area contributed by atoms with Gasteiger partial charge in [0, 0.05) is 11.1 Å². The molecule has 1 aliphatic rings. The molecule has 8 nitrogen and oxygen atoms in total. The topological polar surface area (TPSA) is 93.1 Å². The van der Waals surface area contributed by atoms with E-state index < -0.39 is 0 Å². The molecule has 5 heterocycles. The maximum Gasteiger partial charge on any atom is 0.332 e. The van der Waals surface area contributed by atoms with Crippen LogP contribution in [0.25, 0.3) is 10.2 Å². The first-order valence-electron chi connectivity index (χ1n) is 8.09. The molecule has 0 bridgehead atoms. The van der Waals surface area contributed by atoms with Gasteiger partial charge in [0.1, 0.15) is 22.7 Å². The number of pyridine rings is 2. The molecule has 1 N–H and O–H groups in total. The molecule has 0 aromatic carbocycles. The fraction of sp³-hybridized carbons (Fsp3) is 0.0556. The first-order chi connectivity index (χ1) is 13.2. The van der Waals surface area contributed by atoms with E-state index in [2.05, 4.69) is 25.3 Å². The van der Waals surface area contributed by atoms with Gasteiger partial charge < -0.3 is 10.1 Å². The van der Waals surface area contributed by atoms with Crippen molar-refractivity contribution in [1.82, 2.24) is 19.9 Å². The second-order valence-corrected chi connectivity index (χ2v) is 7.04. The number of carbonyl (C=O) groups excluding carboxylic acids is 1. The Hall–Kier alpha value is -3.59. The molecule has 0 saturated carbocycles. The Morgan fingerprint density at radius 2 is 1.93 bits per heavy atom. The predicted molar refractivity (Wildman–Crippen MR) is 102 cm³/mol. The zero-order valence-corrected chi connectivity index (χ0v) is 14.9. The molecule has 4 aromatic heterocycles. The highest BCUT2D eigenvalue weighted by Crippen LogP contribution is 2.44. The van der Waals surface area contributed by atoms with E-state index in [1.807, 2.05) is 13.0 Å². The number of ether oxygens (including phenoxy) is 1. The van der Waals surface area contributed by atoms with Crippen molar-refractivity contribution in [3.8, 4) is 11.5 Å². The SMILES string of the molecule is Cc1sc2nccc3c2c1NC(=O)N3c1ccc(Oc2cncnc2)cn1. The molecule has 0 radical (unpaired) electrons. The van der Waals surface area contributed by atoms with Gasteiger partial charge >= 0.3 is 6.03 Å². The lowest BCUT2D eigenvalue weighted by molar-refractivity contribution is 0.258. The van der Waals surface area contributed by atoms with E-state index in [1.165, 1.54) is 6.33 Å². The molecular weight excluding hydrogens is 364 g/mol. The van der Waals surface area contributed by atoms with Crippen molar-refractivity contribution in [2.45, 2.75) is 6.92 Å². The van der Waals surface area contributed by atoms with E-state index in [0.717, 1.165) is 26.5 Å². The minimum Gasteiger partial charge on any atom is -0.452 e. The van der Waals surface area contributed by atoms with Gasteiger partial charge in [-0.3, -0.25) is 0 Å². The zero-order chi connectivity index (χ0) is 18.4. The molecule has 0 aliphatic carbocycles. The Morgan fingerprint density at radius 3 is 2.70 bits per heavy atom. The van der Waals surface area contributed by atoms with Gasteiger partial charge in [-0.05, 0) is 25.1 Å². The molecule has 4 aromatic rings. The van der Waals surface area contributed by atoms with Gasteiger partial charge in [0.25, 0.3) is 0 Å². The summed E-state index contributed by atoms with van der Waals surface area (Å²) in [5, 5.41) is 3.88. The number of amides is 2. The van der Waals surface area contributed by atoms with Crippen molar-refractivity contribution in [2.24, 2.45) is 0 Å². The predicted octanol–water partition coefficient (Wildman–Crippen LogP) is 4.27. The molecule has 0 atom stereocenters. The lowest BCUT2D eigenvalue weighted by Crippen LogP contribution is -2.34. The second kappa shape index (κ2) is 5.99. The van der Waals surface area contributed by atoms with Crippen molar-refractivity contribution in [1.29, 1.82) is 0 Å². The number of rotatable bonds is 3. The van der Waals surface area contributed by atoms with E-state index in [0.29, 0.717) is 17.3 Å². The van der Waals surface area contributed by atoms with E-state index in [4.69, 9.17) is 4.74 Å². The number of aryl methyl sites for hydroxylation is 1. The summed E-state index contributed by atoms with van der Waals surface area (Å²) in [4.78, 5) is 32.8. The van der Waals surface area contributed by atoms with Crippen molar-refractivity contribution < 1.29 is 9.53 Å². The van der Waals surface area contributed by atoms with Gasteiger partial charge in [-0.1, -0.05) is 0 Å². The summed E-state index contributed by atoms with van der Waals surface area (Å²) in [6, 6.07) is 5.04. The van der Waals surface area contributed by atoms with Crippen LogP contribution in [-0.4, -0.2) is 26.0 Å². The Morgan fingerprint density at radius 1 is 1.07 bits per heavy atom. The highest BCUT2D eigenvalue weighted by Gasteiger charge is 2.30. The van der Waals surface area contributed by atoms with Gasteiger partial charge in [0.2, 0.25) is 0 Å². The molecule has 0 fully saturated rings. The van der Waals surface area contributed by atoms with Gasteiger partial charge in [-0.15, -0.1) is 11.3 Å². The number of anilines is 3. The fourth-order valence-electron chi connectivity index (χ4n) is 2.99. The molecule has 9 heteroatoms. The number of nitrogens with one attached hydrogen (secondary N) is 1. The molecule has 0 spiro atoms. The third-order valence-electron chi connectivity index (χ3n) is 4.14. The molecule has 1 aliphatic heterocycles. The summed E-state index contributed by atoms with van der Waals surface area (Å²) >= 11 is 1.56. The number of thiophene rings is 1. The van der Waals surface area contributed by atoms with Crippen LogP contribution in [0.15, 0.2) is 49.3 Å². The quantitative estimate of drug-likeness (QED) is 0.574. The van der Waals surface area contributed by atoms with Crippen LogP contribution in [0.2, 0.25) is 0 Å². The van der Waals surface area contributed by atoms with Crippen molar-refractivity contribution in [3.63, 3.8) is 0 Å². The molecular formula is C18H12N6O2S. The standard InChI is InChI=1S/C18H12N6O2S/c1-10-16-15-13(4-5-21-17(15)27-10)24(18(25)23-16)14-3-2-11(8-22-14)26-12-6-19-9-20-7-12/h2-9H,1H3,(H,23,25). The summed E-state index contributed by atoms with van der Waals surface area (Å²) in [5.41, 5.74) is 1.59. The van der Waals surface area contributed by atoms with E-state index in [9.17, 15) is 4.79 Å². The van der Waals surface area contributed by atoms with Crippen LogP contribution in [0.1, 0.15) is 4.88 Å². The summed E-state index contributed by atoms with van der Waals surface area (Å²) in [6.07, 6.45) is 7.82. The lowest BCUT2D eigenvalue weighted by Gasteiger charge is -2.27. The monoisotopic (exact) mass is 376 g/mol. The number of hydrogen-bond acceptors (Lipinski definition) is 7. The van der Waals surface area contributed by atoms with Gasteiger partial charge in [0.05, 0.1) is 35.4 Å². The molecule has 2 amide bonds. The van der Waals surface area contributed by atoms with Gasteiger partial charge in [-0.2, -0.15) is 0 Å². The summed E-state index contributed by atoms with van der Waals surface area (Å²) in [6.45, 7) is 1.97. The fourth-order valence-corrected chi connectivity index (χ4v) is 3.96. The van der Waals surface area contributed by atoms with Crippen LogP contribution >= 0.6 is 11.3 Å². The van der Waals surface area contributed by atoms with Crippen LogP contribution in [0.3, 0.4) is 0 Å².